The van der Waals surface area contributed by atoms with Crippen LogP contribution in [0.3, 0.4) is 0 Å². The van der Waals surface area contributed by atoms with Gasteiger partial charge in [-0.2, -0.15) is 5.10 Å². The van der Waals surface area contributed by atoms with Gasteiger partial charge in [-0.1, -0.05) is 12.8 Å². The normalized spacial score (nSPS) is 21.7. The van der Waals surface area contributed by atoms with E-state index in [1.165, 1.54) is 38.3 Å². The predicted octanol–water partition coefficient (Wildman–Crippen LogP) is 2.10. The summed E-state index contributed by atoms with van der Waals surface area (Å²) in [4.78, 5) is 18.4. The number of hydrogen-bond acceptors (Lipinski definition) is 5. The van der Waals surface area contributed by atoms with Gasteiger partial charge in [-0.25, -0.2) is 4.98 Å². The largest absolute Gasteiger partial charge is 0.451 e. The molecular formula is C17H22N4O3. The first-order valence-corrected chi connectivity index (χ1v) is 8.59. The van der Waals surface area contributed by atoms with Crippen molar-refractivity contribution < 1.29 is 13.9 Å². The van der Waals surface area contributed by atoms with Crippen LogP contribution in [0.2, 0.25) is 0 Å². The Morgan fingerprint density at radius 2 is 2.21 bits per heavy atom. The van der Waals surface area contributed by atoms with Crippen molar-refractivity contribution in [3.05, 3.63) is 36.3 Å². The Morgan fingerprint density at radius 3 is 3.00 bits per heavy atom. The van der Waals surface area contributed by atoms with Crippen LogP contribution in [-0.4, -0.2) is 44.8 Å². The molecule has 0 spiro atoms. The molecule has 1 saturated carbocycles. The topological polar surface area (TPSA) is 73.4 Å². The maximum atomic E-state index is 12.7. The van der Waals surface area contributed by atoms with E-state index >= 15 is 0 Å². The van der Waals surface area contributed by atoms with Gasteiger partial charge in [0, 0.05) is 19.3 Å². The van der Waals surface area contributed by atoms with E-state index in [0.717, 1.165) is 12.3 Å². The third kappa shape index (κ3) is 3.21. The molecule has 1 atom stereocenters. The van der Waals surface area contributed by atoms with E-state index < -0.39 is 0 Å². The van der Waals surface area contributed by atoms with Gasteiger partial charge in [-0.15, -0.1) is 0 Å². The molecule has 0 unspecified atom stereocenters. The van der Waals surface area contributed by atoms with Gasteiger partial charge in [0.2, 0.25) is 0 Å². The van der Waals surface area contributed by atoms with E-state index in [9.17, 15) is 4.79 Å². The second-order valence-electron chi connectivity index (χ2n) is 6.67. The molecule has 128 valence electrons. The lowest BCUT2D eigenvalue weighted by molar-refractivity contribution is 0.00278. The maximum absolute atomic E-state index is 12.7. The summed E-state index contributed by atoms with van der Waals surface area (Å²) in [6.07, 6.45) is 9.50. The lowest BCUT2D eigenvalue weighted by Gasteiger charge is -2.24. The molecule has 1 fully saturated rings. The number of hydrogen-bond donors (Lipinski definition) is 0. The Balaban J connectivity index is 1.48. The fourth-order valence-corrected chi connectivity index (χ4v) is 3.60. The Hall–Kier alpha value is -2.15. The molecule has 0 bridgehead atoms. The number of oxazole rings is 1. The van der Waals surface area contributed by atoms with Crippen molar-refractivity contribution in [2.75, 3.05) is 13.2 Å². The van der Waals surface area contributed by atoms with Crippen LogP contribution in [0, 0.1) is 5.92 Å². The summed E-state index contributed by atoms with van der Waals surface area (Å²) in [6, 6.07) is 1.95. The lowest BCUT2D eigenvalue weighted by atomic mass is 10.1. The van der Waals surface area contributed by atoms with Gasteiger partial charge in [0.05, 0.1) is 24.9 Å². The number of rotatable bonds is 4. The van der Waals surface area contributed by atoms with Gasteiger partial charge >= 0.3 is 0 Å². The molecule has 7 heteroatoms. The highest BCUT2D eigenvalue weighted by Gasteiger charge is 2.28. The fourth-order valence-electron chi connectivity index (χ4n) is 3.60. The average molecular weight is 330 g/mol. The predicted molar refractivity (Wildman–Crippen MR) is 85.2 cm³/mol. The molecule has 1 amide bonds. The van der Waals surface area contributed by atoms with Crippen molar-refractivity contribution in [2.24, 2.45) is 5.92 Å². The van der Waals surface area contributed by atoms with Crippen LogP contribution in [-0.2, 0) is 17.8 Å². The summed E-state index contributed by atoms with van der Waals surface area (Å²) >= 11 is 0. The van der Waals surface area contributed by atoms with Crippen LogP contribution in [0.1, 0.15) is 41.9 Å². The Kier molecular flexibility index (Phi) is 4.34. The van der Waals surface area contributed by atoms with Gasteiger partial charge in [-0.3, -0.25) is 9.48 Å². The van der Waals surface area contributed by atoms with Crippen molar-refractivity contribution in [1.29, 1.82) is 0 Å². The molecule has 1 aliphatic carbocycles. The Bertz CT molecular complexity index is 676. The number of carbonyl (C=O) groups is 1. The molecule has 0 saturated heterocycles. The molecule has 2 aromatic rings. The van der Waals surface area contributed by atoms with E-state index in [1.807, 2.05) is 10.7 Å². The summed E-state index contributed by atoms with van der Waals surface area (Å²) in [5.41, 5.74) is 1.34. The van der Waals surface area contributed by atoms with E-state index in [4.69, 9.17) is 9.15 Å². The van der Waals surface area contributed by atoms with Crippen LogP contribution in [0.5, 0.6) is 0 Å². The smallest absolute Gasteiger partial charge is 0.276 e. The van der Waals surface area contributed by atoms with E-state index in [-0.39, 0.29) is 12.0 Å². The number of fused-ring (bicyclic) bond motifs is 1. The highest BCUT2D eigenvalue weighted by atomic mass is 16.5. The Morgan fingerprint density at radius 1 is 1.33 bits per heavy atom. The van der Waals surface area contributed by atoms with Crippen molar-refractivity contribution in [1.82, 2.24) is 19.7 Å². The second-order valence-corrected chi connectivity index (χ2v) is 6.67. The molecule has 0 radical (unpaired) electrons. The quantitative estimate of drug-likeness (QED) is 0.858. The number of amides is 1. The van der Waals surface area contributed by atoms with Crippen molar-refractivity contribution >= 4 is 5.91 Å². The zero-order chi connectivity index (χ0) is 16.4. The average Bonchev–Trinajstić information content (AvgIpc) is 3.33. The third-order valence-corrected chi connectivity index (χ3v) is 4.94. The van der Waals surface area contributed by atoms with Crippen LogP contribution in [0.25, 0.3) is 0 Å². The summed E-state index contributed by atoms with van der Waals surface area (Å²) in [5.74, 6) is 0.526. The molecule has 0 aromatic carbocycles. The van der Waals surface area contributed by atoms with Gasteiger partial charge in [0.15, 0.2) is 12.1 Å². The van der Waals surface area contributed by atoms with Crippen LogP contribution in [0.15, 0.2) is 29.3 Å². The summed E-state index contributed by atoms with van der Waals surface area (Å²) < 4.78 is 13.1. The molecule has 2 aromatic heterocycles. The summed E-state index contributed by atoms with van der Waals surface area (Å²) in [5, 5.41) is 4.37. The highest BCUT2D eigenvalue weighted by Crippen LogP contribution is 2.26. The number of aromatic nitrogens is 3. The number of nitrogens with zero attached hydrogens (tertiary/aromatic N) is 4. The van der Waals surface area contributed by atoms with Gasteiger partial charge < -0.3 is 14.1 Å². The molecule has 2 aliphatic rings. The monoisotopic (exact) mass is 330 g/mol. The van der Waals surface area contributed by atoms with Crippen molar-refractivity contribution in [2.45, 2.75) is 44.9 Å². The molecular weight excluding hydrogens is 308 g/mol. The zero-order valence-electron chi connectivity index (χ0n) is 13.6. The minimum atomic E-state index is -0.132. The lowest BCUT2D eigenvalue weighted by Crippen LogP contribution is -2.38. The molecule has 0 N–H and O–H groups in total. The third-order valence-electron chi connectivity index (χ3n) is 4.94. The number of ether oxygens (including phenoxy) is 1. The second kappa shape index (κ2) is 6.76. The first-order valence-electron chi connectivity index (χ1n) is 8.59. The molecule has 3 heterocycles. The summed E-state index contributed by atoms with van der Waals surface area (Å²) in [7, 11) is 0. The van der Waals surface area contributed by atoms with Gasteiger partial charge in [0.25, 0.3) is 5.91 Å². The van der Waals surface area contributed by atoms with Crippen LogP contribution in [0.4, 0.5) is 0 Å². The van der Waals surface area contributed by atoms with Gasteiger partial charge in [-0.05, 0) is 24.8 Å². The molecule has 7 nitrogen and oxygen atoms in total. The first kappa shape index (κ1) is 15.4. The van der Waals surface area contributed by atoms with Gasteiger partial charge in [0.1, 0.15) is 6.26 Å². The van der Waals surface area contributed by atoms with E-state index in [0.29, 0.717) is 31.2 Å². The van der Waals surface area contributed by atoms with Crippen LogP contribution >= 0.6 is 0 Å². The minimum absolute atomic E-state index is 0.0531. The Labute approximate surface area is 140 Å². The standard InChI is InChI=1S/C17H22N4O3/c22-17(16-11-23-12-18-16)20-7-14-5-6-19-21(14)9-15(8-20)24-10-13-3-1-2-4-13/h5-6,11-13,15H,1-4,7-10H2/t15-/m0/s1. The fraction of sp³-hybridized carbons (Fsp3) is 0.588. The first-order chi connectivity index (χ1) is 11.8. The van der Waals surface area contributed by atoms with Crippen molar-refractivity contribution in [3.63, 3.8) is 0 Å². The van der Waals surface area contributed by atoms with Crippen molar-refractivity contribution in [3.8, 4) is 0 Å². The molecule has 4 rings (SSSR count). The zero-order valence-corrected chi connectivity index (χ0v) is 13.6. The summed E-state index contributed by atoms with van der Waals surface area (Å²) in [6.45, 7) is 2.50. The SMILES string of the molecule is O=C(c1cocn1)N1Cc2ccnn2C[C@@H](OCC2CCCC2)C1. The van der Waals surface area contributed by atoms with E-state index in [1.54, 1.807) is 11.1 Å². The number of carbonyl (C=O) groups excluding carboxylic acids is 1. The van der Waals surface area contributed by atoms with E-state index in [2.05, 4.69) is 10.1 Å². The molecule has 24 heavy (non-hydrogen) atoms. The minimum Gasteiger partial charge on any atom is -0.451 e. The van der Waals surface area contributed by atoms with Crippen LogP contribution < -0.4 is 0 Å². The maximum Gasteiger partial charge on any atom is 0.276 e. The highest BCUT2D eigenvalue weighted by molar-refractivity contribution is 5.91. The molecule has 1 aliphatic heterocycles.